The fraction of sp³-hybridized carbons (Fsp3) is 0.333. The Hall–Kier alpha value is -1.22. The lowest BCUT2D eigenvalue weighted by atomic mass is 10.1. The Morgan fingerprint density at radius 3 is 2.67 bits per heavy atom. The zero-order chi connectivity index (χ0) is 9.14. The topological polar surface area (TPSA) is 72.3 Å². The third-order valence-corrected chi connectivity index (χ3v) is 1.65. The standard InChI is InChI=1S/C9H14N2O/c1-6(10)4-7-2-3-8(11)5-9(7)12/h2-3,5-6,12H,4,10-11H2,1H3. The van der Waals surface area contributed by atoms with Gasteiger partial charge in [0.05, 0.1) is 0 Å². The van der Waals surface area contributed by atoms with Crippen molar-refractivity contribution in [2.75, 3.05) is 5.73 Å². The van der Waals surface area contributed by atoms with E-state index in [2.05, 4.69) is 0 Å². The number of anilines is 1. The predicted octanol–water partition coefficient (Wildman–Crippen LogP) is 0.864. The number of nitrogen functional groups attached to an aromatic ring is 1. The number of phenolic OH excluding ortho intramolecular Hbond substituents is 1. The number of rotatable bonds is 2. The van der Waals surface area contributed by atoms with Gasteiger partial charge < -0.3 is 16.6 Å². The van der Waals surface area contributed by atoms with E-state index in [1.54, 1.807) is 12.1 Å². The van der Waals surface area contributed by atoms with Crippen molar-refractivity contribution >= 4 is 5.69 Å². The van der Waals surface area contributed by atoms with E-state index in [0.29, 0.717) is 12.1 Å². The highest BCUT2D eigenvalue weighted by molar-refractivity contribution is 5.47. The summed E-state index contributed by atoms with van der Waals surface area (Å²) in [7, 11) is 0. The number of aromatic hydroxyl groups is 1. The van der Waals surface area contributed by atoms with Crippen LogP contribution < -0.4 is 11.5 Å². The van der Waals surface area contributed by atoms with Crippen LogP contribution in [0.4, 0.5) is 5.69 Å². The van der Waals surface area contributed by atoms with E-state index in [1.165, 1.54) is 6.07 Å². The highest BCUT2D eigenvalue weighted by Gasteiger charge is 2.03. The van der Waals surface area contributed by atoms with Crippen molar-refractivity contribution in [2.24, 2.45) is 5.73 Å². The number of nitrogens with two attached hydrogens (primary N) is 2. The van der Waals surface area contributed by atoms with E-state index >= 15 is 0 Å². The zero-order valence-corrected chi connectivity index (χ0v) is 7.12. The lowest BCUT2D eigenvalue weighted by molar-refractivity contribution is 0.466. The van der Waals surface area contributed by atoms with Crippen LogP contribution >= 0.6 is 0 Å². The van der Waals surface area contributed by atoms with E-state index in [4.69, 9.17) is 11.5 Å². The molecule has 0 heterocycles. The lowest BCUT2D eigenvalue weighted by Gasteiger charge is -2.07. The molecule has 0 amide bonds. The van der Waals surface area contributed by atoms with Crippen LogP contribution in [0.1, 0.15) is 12.5 Å². The van der Waals surface area contributed by atoms with Crippen molar-refractivity contribution in [3.05, 3.63) is 23.8 Å². The fourth-order valence-corrected chi connectivity index (χ4v) is 1.10. The second-order valence-electron chi connectivity index (χ2n) is 3.07. The third kappa shape index (κ3) is 2.13. The highest BCUT2D eigenvalue weighted by atomic mass is 16.3. The van der Waals surface area contributed by atoms with Crippen LogP contribution in [0.2, 0.25) is 0 Å². The molecule has 0 bridgehead atoms. The molecule has 66 valence electrons. The molecule has 1 aromatic carbocycles. The first-order valence-electron chi connectivity index (χ1n) is 3.92. The first kappa shape index (κ1) is 8.87. The van der Waals surface area contributed by atoms with Gasteiger partial charge >= 0.3 is 0 Å². The summed E-state index contributed by atoms with van der Waals surface area (Å²) in [6.45, 7) is 1.90. The molecule has 5 N–H and O–H groups in total. The minimum atomic E-state index is 0.0551. The molecule has 1 unspecified atom stereocenters. The Balaban J connectivity index is 2.86. The minimum absolute atomic E-state index is 0.0551. The molecule has 0 saturated carbocycles. The van der Waals surface area contributed by atoms with Gasteiger partial charge in [0.15, 0.2) is 0 Å². The summed E-state index contributed by atoms with van der Waals surface area (Å²) in [5, 5.41) is 9.40. The molecular weight excluding hydrogens is 152 g/mol. The normalized spacial score (nSPS) is 12.8. The van der Waals surface area contributed by atoms with Gasteiger partial charge in [-0.25, -0.2) is 0 Å². The molecule has 1 atom stereocenters. The van der Waals surface area contributed by atoms with Crippen molar-refractivity contribution in [2.45, 2.75) is 19.4 Å². The van der Waals surface area contributed by atoms with E-state index in [9.17, 15) is 5.11 Å². The average molecular weight is 166 g/mol. The fourth-order valence-electron chi connectivity index (χ4n) is 1.10. The van der Waals surface area contributed by atoms with Gasteiger partial charge in [0.25, 0.3) is 0 Å². The van der Waals surface area contributed by atoms with Crippen LogP contribution in [0.25, 0.3) is 0 Å². The molecule has 3 heteroatoms. The van der Waals surface area contributed by atoms with Crippen molar-refractivity contribution in [1.29, 1.82) is 0 Å². The molecule has 0 spiro atoms. The van der Waals surface area contributed by atoms with Gasteiger partial charge in [0.1, 0.15) is 5.75 Å². The summed E-state index contributed by atoms with van der Waals surface area (Å²) in [4.78, 5) is 0. The predicted molar refractivity (Wildman–Crippen MR) is 49.9 cm³/mol. The molecule has 1 aromatic rings. The van der Waals surface area contributed by atoms with Gasteiger partial charge in [0, 0.05) is 17.8 Å². The SMILES string of the molecule is CC(N)Cc1ccc(N)cc1O. The number of hydrogen-bond acceptors (Lipinski definition) is 3. The molecule has 12 heavy (non-hydrogen) atoms. The summed E-state index contributed by atoms with van der Waals surface area (Å²) in [6, 6.07) is 5.16. The molecule has 0 saturated heterocycles. The first-order valence-corrected chi connectivity index (χ1v) is 3.92. The second-order valence-corrected chi connectivity index (χ2v) is 3.07. The van der Waals surface area contributed by atoms with Crippen molar-refractivity contribution in [3.63, 3.8) is 0 Å². The van der Waals surface area contributed by atoms with Crippen LogP contribution in [-0.2, 0) is 6.42 Å². The van der Waals surface area contributed by atoms with Crippen molar-refractivity contribution < 1.29 is 5.11 Å². The summed E-state index contributed by atoms with van der Waals surface area (Å²) >= 11 is 0. The van der Waals surface area contributed by atoms with Gasteiger partial charge in [-0.05, 0) is 25.0 Å². The molecule has 1 rings (SSSR count). The summed E-state index contributed by atoms with van der Waals surface area (Å²) < 4.78 is 0. The molecule has 0 aliphatic heterocycles. The summed E-state index contributed by atoms with van der Waals surface area (Å²) in [5.74, 6) is 0.229. The Morgan fingerprint density at radius 2 is 2.17 bits per heavy atom. The van der Waals surface area contributed by atoms with E-state index < -0.39 is 0 Å². The van der Waals surface area contributed by atoms with Gasteiger partial charge in [-0.2, -0.15) is 0 Å². The van der Waals surface area contributed by atoms with Gasteiger partial charge in [-0.3, -0.25) is 0 Å². The maximum Gasteiger partial charge on any atom is 0.120 e. The summed E-state index contributed by atoms with van der Waals surface area (Å²) in [5.41, 5.74) is 12.5. The van der Waals surface area contributed by atoms with Crippen molar-refractivity contribution in [1.82, 2.24) is 0 Å². The third-order valence-electron chi connectivity index (χ3n) is 1.65. The highest BCUT2D eigenvalue weighted by Crippen LogP contribution is 2.20. The Morgan fingerprint density at radius 1 is 1.50 bits per heavy atom. The molecule has 0 aliphatic rings. The Bertz CT molecular complexity index is 271. The van der Waals surface area contributed by atoms with Crippen LogP contribution in [0.3, 0.4) is 0 Å². The zero-order valence-electron chi connectivity index (χ0n) is 7.12. The molecule has 0 radical (unpaired) electrons. The maximum atomic E-state index is 9.40. The molecule has 3 nitrogen and oxygen atoms in total. The monoisotopic (exact) mass is 166 g/mol. The number of hydrogen-bond donors (Lipinski definition) is 3. The quantitative estimate of drug-likeness (QED) is 0.571. The van der Waals surface area contributed by atoms with Crippen molar-refractivity contribution in [3.8, 4) is 5.75 Å². The van der Waals surface area contributed by atoms with Gasteiger partial charge in [0.2, 0.25) is 0 Å². The maximum absolute atomic E-state index is 9.40. The molecule has 0 aromatic heterocycles. The van der Waals surface area contributed by atoms with Crippen LogP contribution in [-0.4, -0.2) is 11.1 Å². The van der Waals surface area contributed by atoms with Crippen LogP contribution in [0.15, 0.2) is 18.2 Å². The van der Waals surface area contributed by atoms with Crippen LogP contribution in [0, 0.1) is 0 Å². The van der Waals surface area contributed by atoms with E-state index in [-0.39, 0.29) is 11.8 Å². The largest absolute Gasteiger partial charge is 0.508 e. The first-order chi connectivity index (χ1) is 5.59. The van der Waals surface area contributed by atoms with E-state index in [0.717, 1.165) is 5.56 Å². The second kappa shape index (κ2) is 3.45. The molecule has 0 aliphatic carbocycles. The van der Waals surface area contributed by atoms with Crippen LogP contribution in [0.5, 0.6) is 5.75 Å². The molecule has 0 fully saturated rings. The smallest absolute Gasteiger partial charge is 0.120 e. The van der Waals surface area contributed by atoms with Gasteiger partial charge in [-0.1, -0.05) is 6.07 Å². The molecular formula is C9H14N2O. The number of phenols is 1. The Kier molecular flexibility index (Phi) is 2.55. The summed E-state index contributed by atoms with van der Waals surface area (Å²) in [6.07, 6.45) is 0.673. The van der Waals surface area contributed by atoms with E-state index in [1.807, 2.05) is 6.92 Å². The average Bonchev–Trinajstić information content (AvgIpc) is 1.94. The van der Waals surface area contributed by atoms with Gasteiger partial charge in [-0.15, -0.1) is 0 Å². The number of benzene rings is 1. The lowest BCUT2D eigenvalue weighted by Crippen LogP contribution is -2.17. The Labute approximate surface area is 72.0 Å². The minimum Gasteiger partial charge on any atom is -0.508 e.